The number of carbonyl (C=O) groups excluding carboxylic acids is 2. The molecule has 6 nitrogen and oxygen atoms in total. The molecule has 0 aliphatic rings. The molecule has 0 saturated heterocycles. The second-order valence-corrected chi connectivity index (χ2v) is 28.8. The number of carbonyl (C=O) groups is 2. The first kappa shape index (κ1) is 89.1. The molecule has 0 aliphatic carbocycles. The summed E-state index contributed by atoms with van der Waals surface area (Å²) in [5, 5.41) is 23.5. The summed E-state index contributed by atoms with van der Waals surface area (Å²) in [6, 6.07) is -0.541. The largest absolute Gasteiger partial charge is 0.466 e. The number of nitrogens with one attached hydrogen (secondary N) is 1. The number of rotatable bonds is 79. The monoisotopic (exact) mass is 1280 g/mol. The summed E-state index contributed by atoms with van der Waals surface area (Å²) >= 11 is 0. The van der Waals surface area contributed by atoms with Gasteiger partial charge in [0.2, 0.25) is 5.91 Å². The van der Waals surface area contributed by atoms with E-state index in [1.807, 2.05) is 0 Å². The Morgan fingerprint density at radius 1 is 0.308 bits per heavy atom. The molecule has 0 fully saturated rings. The zero-order valence-corrected chi connectivity index (χ0v) is 61.9. The Kier molecular flexibility index (Phi) is 78.8. The normalized spacial score (nSPS) is 12.6. The Balaban J connectivity index is 3.35. The topological polar surface area (TPSA) is 95.9 Å². The average Bonchev–Trinajstić information content (AvgIpc) is 3.58. The first-order chi connectivity index (χ1) is 45.0. The van der Waals surface area contributed by atoms with Crippen LogP contribution in [-0.2, 0) is 14.3 Å². The number of ether oxygens (including phenoxy) is 1. The molecule has 0 aliphatic heterocycles. The number of amides is 1. The number of unbranched alkanes of at least 4 members (excludes halogenated alkanes) is 62. The van der Waals surface area contributed by atoms with Crippen LogP contribution in [0.15, 0.2) is 36.5 Å². The summed E-state index contributed by atoms with van der Waals surface area (Å²) in [7, 11) is 0. The maximum Gasteiger partial charge on any atom is 0.305 e. The minimum absolute atomic E-state index is 0.0159. The molecular weight excluding hydrogens is 1110 g/mol. The summed E-state index contributed by atoms with van der Waals surface area (Å²) < 4.78 is 5.52. The molecule has 538 valence electrons. The molecule has 2 atom stereocenters. The summed E-state index contributed by atoms with van der Waals surface area (Å²) in [6.45, 7) is 4.98. The van der Waals surface area contributed by atoms with E-state index in [1.54, 1.807) is 0 Å². The van der Waals surface area contributed by atoms with E-state index in [1.165, 1.54) is 385 Å². The van der Waals surface area contributed by atoms with Gasteiger partial charge in [-0.3, -0.25) is 9.59 Å². The second kappa shape index (κ2) is 80.5. The quantitative estimate of drug-likeness (QED) is 0.0320. The van der Waals surface area contributed by atoms with Crippen molar-refractivity contribution in [1.82, 2.24) is 5.32 Å². The van der Waals surface area contributed by atoms with Gasteiger partial charge in [-0.1, -0.05) is 410 Å². The van der Waals surface area contributed by atoms with Crippen molar-refractivity contribution in [2.24, 2.45) is 0 Å². The molecule has 0 bridgehead atoms. The van der Waals surface area contributed by atoms with E-state index in [2.05, 4.69) is 55.6 Å². The average molecular weight is 1280 g/mol. The molecule has 0 saturated carbocycles. The van der Waals surface area contributed by atoms with Crippen LogP contribution in [0.5, 0.6) is 0 Å². The van der Waals surface area contributed by atoms with Gasteiger partial charge in [0, 0.05) is 12.8 Å². The molecule has 0 heterocycles. The summed E-state index contributed by atoms with van der Waals surface area (Å²) in [4.78, 5) is 24.7. The summed E-state index contributed by atoms with van der Waals surface area (Å²) in [5.74, 6) is -0.0106. The molecule has 0 radical (unpaired) electrons. The minimum Gasteiger partial charge on any atom is -0.466 e. The van der Waals surface area contributed by atoms with Crippen molar-refractivity contribution in [3.8, 4) is 0 Å². The number of hydrogen-bond acceptors (Lipinski definition) is 5. The highest BCUT2D eigenvalue weighted by Gasteiger charge is 2.20. The minimum atomic E-state index is -0.664. The molecule has 2 unspecified atom stereocenters. The van der Waals surface area contributed by atoms with Crippen LogP contribution in [0.1, 0.15) is 470 Å². The van der Waals surface area contributed by atoms with Crippen LogP contribution in [0.2, 0.25) is 0 Å². The molecule has 1 amide bonds. The van der Waals surface area contributed by atoms with E-state index in [0.29, 0.717) is 25.9 Å². The first-order valence-corrected chi connectivity index (χ1v) is 41.7. The van der Waals surface area contributed by atoms with Crippen molar-refractivity contribution >= 4 is 11.9 Å². The van der Waals surface area contributed by atoms with Crippen LogP contribution in [0.4, 0.5) is 0 Å². The Bertz CT molecular complexity index is 1470. The van der Waals surface area contributed by atoms with Gasteiger partial charge in [-0.25, -0.2) is 0 Å². The molecule has 3 N–H and O–H groups in total. The molecule has 6 heteroatoms. The van der Waals surface area contributed by atoms with E-state index in [4.69, 9.17) is 4.74 Å². The Labute approximate surface area is 570 Å². The third-order valence-corrected chi connectivity index (χ3v) is 19.7. The highest BCUT2D eigenvalue weighted by molar-refractivity contribution is 5.76. The lowest BCUT2D eigenvalue weighted by Gasteiger charge is -2.22. The molecule has 0 spiro atoms. The summed E-state index contributed by atoms with van der Waals surface area (Å²) in [6.07, 6.45) is 105. The summed E-state index contributed by atoms with van der Waals surface area (Å²) in [5.41, 5.74) is 0. The van der Waals surface area contributed by atoms with Gasteiger partial charge in [-0.05, 0) is 83.5 Å². The lowest BCUT2D eigenvalue weighted by molar-refractivity contribution is -0.143. The Hall–Kier alpha value is -1.92. The Morgan fingerprint density at radius 3 is 0.868 bits per heavy atom. The predicted molar refractivity (Wildman–Crippen MR) is 403 cm³/mol. The molecule has 0 aromatic carbocycles. The number of esters is 1. The SMILES string of the molecule is CCCCC/C=C\C/C=C\CCCCCCCCCCCC(=O)OCCCCCCCCCCCCCC/C=C\CCCCCCCCCCCCCCCCCCCC(=O)NC(CO)C(O)CCCCCCCCCCCCCCCCCCCCCCCC. The third kappa shape index (κ3) is 77.0. The highest BCUT2D eigenvalue weighted by Crippen LogP contribution is 2.20. The van der Waals surface area contributed by atoms with E-state index in [0.717, 1.165) is 51.4 Å². The maximum absolute atomic E-state index is 12.6. The molecule has 0 rings (SSSR count). The second-order valence-electron chi connectivity index (χ2n) is 28.8. The molecular formula is C85H163NO5. The van der Waals surface area contributed by atoms with Crippen LogP contribution < -0.4 is 5.32 Å². The van der Waals surface area contributed by atoms with Gasteiger partial charge in [-0.2, -0.15) is 0 Å². The van der Waals surface area contributed by atoms with E-state index >= 15 is 0 Å². The van der Waals surface area contributed by atoms with Gasteiger partial charge in [0.15, 0.2) is 0 Å². The number of hydrogen-bond donors (Lipinski definition) is 3. The van der Waals surface area contributed by atoms with Crippen LogP contribution in [0, 0.1) is 0 Å². The standard InChI is InChI=1S/C85H163NO5/c1-3-5-7-9-11-13-15-17-19-21-23-24-38-42-45-49-53-57-61-65-69-73-77-83(88)82(81-87)86-84(89)78-74-70-66-62-58-54-50-46-43-39-36-34-32-30-28-26-25-27-29-31-33-35-37-40-44-48-52-56-60-64-68-72-76-80-91-85(90)79-75-71-67-63-59-55-51-47-41-22-20-18-16-14-12-10-8-6-4-2/h12,14,18,20,29,31,82-83,87-88H,3-11,13,15-17,19,21-28,30,32-81H2,1-2H3,(H,86,89)/b14-12-,20-18-,31-29-. The van der Waals surface area contributed by atoms with Crippen LogP contribution in [-0.4, -0.2) is 47.4 Å². The van der Waals surface area contributed by atoms with E-state index in [-0.39, 0.29) is 18.5 Å². The fourth-order valence-electron chi connectivity index (χ4n) is 13.3. The van der Waals surface area contributed by atoms with Crippen molar-refractivity contribution in [1.29, 1.82) is 0 Å². The number of aliphatic hydroxyl groups excluding tert-OH is 2. The van der Waals surface area contributed by atoms with Crippen molar-refractivity contribution in [3.63, 3.8) is 0 Å². The molecule has 0 aromatic rings. The number of aliphatic hydroxyl groups is 2. The smallest absolute Gasteiger partial charge is 0.305 e. The van der Waals surface area contributed by atoms with E-state index < -0.39 is 12.1 Å². The van der Waals surface area contributed by atoms with Gasteiger partial charge in [0.25, 0.3) is 0 Å². The van der Waals surface area contributed by atoms with Gasteiger partial charge >= 0.3 is 5.97 Å². The molecule has 91 heavy (non-hydrogen) atoms. The number of allylic oxidation sites excluding steroid dienone is 6. The Morgan fingerprint density at radius 2 is 0.549 bits per heavy atom. The highest BCUT2D eigenvalue weighted by atomic mass is 16.5. The first-order valence-electron chi connectivity index (χ1n) is 41.7. The van der Waals surface area contributed by atoms with Gasteiger partial charge in [0.1, 0.15) is 0 Å². The van der Waals surface area contributed by atoms with Crippen LogP contribution in [0.25, 0.3) is 0 Å². The van der Waals surface area contributed by atoms with Crippen molar-refractivity contribution in [2.75, 3.05) is 13.2 Å². The fourth-order valence-corrected chi connectivity index (χ4v) is 13.3. The lowest BCUT2D eigenvalue weighted by Crippen LogP contribution is -2.45. The van der Waals surface area contributed by atoms with Gasteiger partial charge < -0.3 is 20.3 Å². The van der Waals surface area contributed by atoms with E-state index in [9.17, 15) is 19.8 Å². The maximum atomic E-state index is 12.6. The van der Waals surface area contributed by atoms with Crippen LogP contribution >= 0.6 is 0 Å². The lowest BCUT2D eigenvalue weighted by atomic mass is 10.0. The fraction of sp³-hybridized carbons (Fsp3) is 0.906. The third-order valence-electron chi connectivity index (χ3n) is 19.7. The van der Waals surface area contributed by atoms with Crippen molar-refractivity contribution in [2.45, 2.75) is 482 Å². The molecule has 0 aromatic heterocycles. The predicted octanol–water partition coefficient (Wildman–Crippen LogP) is 27.8. The zero-order chi connectivity index (χ0) is 65.6. The van der Waals surface area contributed by atoms with Crippen molar-refractivity contribution < 1.29 is 24.5 Å². The van der Waals surface area contributed by atoms with Crippen LogP contribution in [0.3, 0.4) is 0 Å². The van der Waals surface area contributed by atoms with Crippen molar-refractivity contribution in [3.05, 3.63) is 36.5 Å². The van der Waals surface area contributed by atoms with Gasteiger partial charge in [0.05, 0.1) is 25.4 Å². The van der Waals surface area contributed by atoms with Gasteiger partial charge in [-0.15, -0.1) is 0 Å². The zero-order valence-electron chi connectivity index (χ0n) is 61.9.